The van der Waals surface area contributed by atoms with Crippen molar-refractivity contribution in [2.75, 3.05) is 18.5 Å². The summed E-state index contributed by atoms with van der Waals surface area (Å²) < 4.78 is 7.25. The Morgan fingerprint density at radius 3 is 2.91 bits per heavy atom. The summed E-state index contributed by atoms with van der Waals surface area (Å²) in [6.07, 6.45) is 3.83. The largest absolute Gasteiger partial charge is 0.391 e. The number of imidazole rings is 1. The number of hydrogen-bond acceptors (Lipinski definition) is 6. The number of fused-ring (bicyclic) bond motifs is 1. The lowest BCUT2D eigenvalue weighted by molar-refractivity contribution is 0.0903. The quantitative estimate of drug-likeness (QED) is 0.769. The summed E-state index contributed by atoms with van der Waals surface area (Å²) in [5.74, 6) is 0.850. The molecule has 1 fully saturated rings. The first-order valence-electron chi connectivity index (χ1n) is 7.72. The normalized spacial score (nSPS) is 16.0. The second kappa shape index (κ2) is 6.27. The van der Waals surface area contributed by atoms with Crippen molar-refractivity contribution in [3.63, 3.8) is 0 Å². The van der Waals surface area contributed by atoms with Gasteiger partial charge >= 0.3 is 0 Å². The van der Waals surface area contributed by atoms with Crippen molar-refractivity contribution in [2.45, 2.75) is 25.5 Å². The van der Waals surface area contributed by atoms with Crippen molar-refractivity contribution < 1.29 is 9.84 Å². The molecule has 7 heteroatoms. The number of nitrogens with one attached hydrogen (secondary N) is 1. The van der Waals surface area contributed by atoms with Crippen LogP contribution in [-0.4, -0.2) is 39.0 Å². The fourth-order valence-corrected chi connectivity index (χ4v) is 3.63. The summed E-state index contributed by atoms with van der Waals surface area (Å²) in [6.45, 7) is 1.66. The third-order valence-corrected chi connectivity index (χ3v) is 5.10. The minimum atomic E-state index is 0.0609. The number of thiophene rings is 1. The molecule has 3 aromatic heterocycles. The van der Waals surface area contributed by atoms with Gasteiger partial charge < -0.3 is 15.2 Å². The van der Waals surface area contributed by atoms with Crippen LogP contribution in [-0.2, 0) is 11.3 Å². The Labute approximate surface area is 137 Å². The van der Waals surface area contributed by atoms with Gasteiger partial charge in [-0.1, -0.05) is 0 Å². The van der Waals surface area contributed by atoms with Gasteiger partial charge in [0.25, 0.3) is 0 Å². The van der Waals surface area contributed by atoms with E-state index in [9.17, 15) is 5.11 Å². The average Bonchev–Trinajstić information content (AvgIpc) is 3.21. The van der Waals surface area contributed by atoms with Crippen molar-refractivity contribution in [2.24, 2.45) is 0 Å². The smallest absolute Gasteiger partial charge is 0.154 e. The van der Waals surface area contributed by atoms with Gasteiger partial charge in [0, 0.05) is 24.1 Å². The van der Waals surface area contributed by atoms with Crippen LogP contribution in [0.3, 0.4) is 0 Å². The Balaban J connectivity index is 1.65. The zero-order valence-electron chi connectivity index (χ0n) is 12.6. The number of anilines is 1. The van der Waals surface area contributed by atoms with Crippen molar-refractivity contribution in [3.8, 4) is 10.6 Å². The fourth-order valence-electron chi connectivity index (χ4n) is 2.77. The lowest BCUT2D eigenvalue weighted by atomic mass is 10.1. The van der Waals surface area contributed by atoms with Crippen LogP contribution in [0, 0.1) is 0 Å². The molecule has 23 heavy (non-hydrogen) atoms. The molecule has 4 heterocycles. The third kappa shape index (κ3) is 2.95. The van der Waals surface area contributed by atoms with Gasteiger partial charge in [-0.25, -0.2) is 9.50 Å². The van der Waals surface area contributed by atoms with Crippen LogP contribution in [0.2, 0.25) is 0 Å². The molecule has 0 aliphatic carbocycles. The highest BCUT2D eigenvalue weighted by molar-refractivity contribution is 7.15. The van der Waals surface area contributed by atoms with E-state index in [2.05, 4.69) is 15.4 Å². The molecule has 0 atom stereocenters. The highest BCUT2D eigenvalue weighted by Gasteiger charge is 2.15. The lowest BCUT2D eigenvalue weighted by Crippen LogP contribution is -2.28. The number of ether oxygens (including phenoxy) is 1. The van der Waals surface area contributed by atoms with Crippen molar-refractivity contribution >= 4 is 22.8 Å². The Morgan fingerprint density at radius 1 is 1.26 bits per heavy atom. The van der Waals surface area contributed by atoms with Crippen LogP contribution in [0.4, 0.5) is 5.82 Å². The number of rotatable bonds is 4. The van der Waals surface area contributed by atoms with Crippen LogP contribution in [0.15, 0.2) is 30.5 Å². The average molecular weight is 330 g/mol. The highest BCUT2D eigenvalue weighted by Crippen LogP contribution is 2.28. The molecule has 1 aliphatic rings. The summed E-state index contributed by atoms with van der Waals surface area (Å²) in [4.78, 5) is 6.40. The number of aliphatic hydroxyl groups is 1. The van der Waals surface area contributed by atoms with Gasteiger partial charge in [-0.2, -0.15) is 0 Å². The van der Waals surface area contributed by atoms with Gasteiger partial charge in [0.2, 0.25) is 0 Å². The molecular weight excluding hydrogens is 312 g/mol. The molecule has 0 bridgehead atoms. The van der Waals surface area contributed by atoms with E-state index < -0.39 is 0 Å². The van der Waals surface area contributed by atoms with Gasteiger partial charge in [0.1, 0.15) is 11.5 Å². The first-order chi connectivity index (χ1) is 11.3. The minimum absolute atomic E-state index is 0.0609. The molecule has 0 unspecified atom stereocenters. The van der Waals surface area contributed by atoms with E-state index in [-0.39, 0.29) is 6.61 Å². The summed E-state index contributed by atoms with van der Waals surface area (Å²) in [7, 11) is 0. The van der Waals surface area contributed by atoms with Gasteiger partial charge in [-0.15, -0.1) is 16.4 Å². The van der Waals surface area contributed by atoms with E-state index in [4.69, 9.17) is 4.74 Å². The maximum atomic E-state index is 9.24. The molecule has 0 amide bonds. The zero-order chi connectivity index (χ0) is 15.6. The Morgan fingerprint density at radius 2 is 2.13 bits per heavy atom. The first-order valence-corrected chi connectivity index (χ1v) is 8.54. The summed E-state index contributed by atoms with van der Waals surface area (Å²) >= 11 is 1.56. The van der Waals surface area contributed by atoms with Gasteiger partial charge in [0.05, 0.1) is 17.7 Å². The SMILES string of the molecule is OCc1ccc(-c2cnc3ccc(NC4CCOCC4)nn23)s1. The monoisotopic (exact) mass is 330 g/mol. The molecule has 1 saturated heterocycles. The van der Waals surface area contributed by atoms with E-state index in [0.717, 1.165) is 53.0 Å². The van der Waals surface area contributed by atoms with E-state index in [1.165, 1.54) is 0 Å². The molecular formula is C16H18N4O2S. The minimum Gasteiger partial charge on any atom is -0.391 e. The predicted molar refractivity (Wildman–Crippen MR) is 89.7 cm³/mol. The van der Waals surface area contributed by atoms with Gasteiger partial charge in [-0.05, 0) is 37.1 Å². The number of aromatic nitrogens is 3. The number of nitrogens with zero attached hydrogens (tertiary/aromatic N) is 3. The summed E-state index contributed by atoms with van der Waals surface area (Å²) in [6, 6.07) is 8.28. The first kappa shape index (κ1) is 14.6. The van der Waals surface area contributed by atoms with Gasteiger partial charge in [0.15, 0.2) is 5.65 Å². The van der Waals surface area contributed by atoms with Crippen molar-refractivity contribution in [3.05, 3.63) is 35.3 Å². The van der Waals surface area contributed by atoms with Crippen LogP contribution in [0.25, 0.3) is 16.2 Å². The van der Waals surface area contributed by atoms with Crippen LogP contribution >= 0.6 is 11.3 Å². The fraction of sp³-hybridized carbons (Fsp3) is 0.375. The van der Waals surface area contributed by atoms with E-state index >= 15 is 0 Å². The standard InChI is InChI=1S/C16H18N4O2S/c21-10-12-1-2-14(23-12)13-9-17-16-4-3-15(19-20(13)16)18-11-5-7-22-8-6-11/h1-4,9,11,21H,5-8,10H2,(H,18,19). The topological polar surface area (TPSA) is 71.7 Å². The highest BCUT2D eigenvalue weighted by atomic mass is 32.1. The van der Waals surface area contributed by atoms with Crippen LogP contribution < -0.4 is 5.32 Å². The number of aliphatic hydroxyl groups excluding tert-OH is 1. The maximum absolute atomic E-state index is 9.24. The Hall–Kier alpha value is -1.96. The van der Waals surface area contributed by atoms with Crippen LogP contribution in [0.5, 0.6) is 0 Å². The second-order valence-electron chi connectivity index (χ2n) is 5.59. The molecule has 2 N–H and O–H groups in total. The molecule has 4 rings (SSSR count). The second-order valence-corrected chi connectivity index (χ2v) is 6.76. The van der Waals surface area contributed by atoms with Crippen LogP contribution in [0.1, 0.15) is 17.7 Å². The van der Waals surface area contributed by atoms with Crippen molar-refractivity contribution in [1.29, 1.82) is 0 Å². The summed E-state index contributed by atoms with van der Waals surface area (Å²) in [5.41, 5.74) is 1.76. The van der Waals surface area contributed by atoms with E-state index in [1.807, 2.05) is 35.0 Å². The summed E-state index contributed by atoms with van der Waals surface area (Å²) in [5, 5.41) is 17.4. The lowest BCUT2D eigenvalue weighted by Gasteiger charge is -2.23. The molecule has 0 spiro atoms. The molecule has 6 nitrogen and oxygen atoms in total. The molecule has 0 radical (unpaired) electrons. The molecule has 0 aromatic carbocycles. The van der Waals surface area contributed by atoms with Gasteiger partial charge in [-0.3, -0.25) is 0 Å². The van der Waals surface area contributed by atoms with E-state index in [1.54, 1.807) is 11.3 Å². The number of hydrogen-bond donors (Lipinski definition) is 2. The molecule has 3 aromatic rings. The Kier molecular flexibility index (Phi) is 3.99. The van der Waals surface area contributed by atoms with E-state index in [0.29, 0.717) is 6.04 Å². The molecule has 0 saturated carbocycles. The third-order valence-electron chi connectivity index (χ3n) is 4.01. The maximum Gasteiger partial charge on any atom is 0.154 e. The molecule has 1 aliphatic heterocycles. The molecule has 120 valence electrons. The Bertz CT molecular complexity index is 807. The predicted octanol–water partition coefficient (Wildman–Crippen LogP) is 2.54. The zero-order valence-corrected chi connectivity index (χ0v) is 13.4. The van der Waals surface area contributed by atoms with Crippen molar-refractivity contribution in [1.82, 2.24) is 14.6 Å².